The van der Waals surface area contributed by atoms with Crippen molar-refractivity contribution in [1.82, 2.24) is 0 Å². The van der Waals surface area contributed by atoms with Crippen LogP contribution in [0.1, 0.15) is 76.8 Å². The van der Waals surface area contributed by atoms with E-state index in [1.165, 1.54) is 18.4 Å². The van der Waals surface area contributed by atoms with Gasteiger partial charge in [-0.15, -0.1) is 0 Å². The first kappa shape index (κ1) is 18.6. The number of allylic oxidation sites excluding steroid dienone is 3. The molecule has 0 amide bonds. The Morgan fingerprint density at radius 2 is 1.88 bits per heavy atom. The molecule has 2 rings (SSSR count). The normalized spacial score (nSPS) is 23.8. The van der Waals surface area contributed by atoms with Crippen LogP contribution in [0, 0.1) is 5.41 Å². The SMILES string of the molecule is C=C(C)[C@]1(C)CCC(C)=CC1c1c(O)cc(CCCCC)cc1O. The molecular formula is C22H32O2. The standard InChI is InChI=1S/C22H32O2/c1-6-7-8-9-17-13-19(23)21(20(24)14-17)18-12-16(4)10-11-22(18,5)15(2)3/h12-14,18,23-24H,2,6-11H2,1,3-5H3/t18?,22-/m0/s1. The highest BCUT2D eigenvalue weighted by molar-refractivity contribution is 5.52. The Kier molecular flexibility index (Phi) is 5.79. The number of unbranched alkanes of at least 4 members (excludes halogenated alkanes) is 2. The summed E-state index contributed by atoms with van der Waals surface area (Å²) in [6.45, 7) is 12.7. The zero-order chi connectivity index (χ0) is 17.9. The van der Waals surface area contributed by atoms with Crippen LogP contribution < -0.4 is 0 Å². The van der Waals surface area contributed by atoms with Gasteiger partial charge in [0.25, 0.3) is 0 Å². The third-order valence-electron chi connectivity index (χ3n) is 5.73. The van der Waals surface area contributed by atoms with E-state index in [9.17, 15) is 10.2 Å². The molecule has 0 saturated heterocycles. The van der Waals surface area contributed by atoms with Gasteiger partial charge >= 0.3 is 0 Å². The molecule has 0 spiro atoms. The van der Waals surface area contributed by atoms with Crippen LogP contribution in [0.4, 0.5) is 0 Å². The third kappa shape index (κ3) is 3.68. The molecule has 0 fully saturated rings. The number of aromatic hydroxyl groups is 2. The van der Waals surface area contributed by atoms with Crippen LogP contribution in [0.5, 0.6) is 11.5 Å². The summed E-state index contributed by atoms with van der Waals surface area (Å²) < 4.78 is 0. The topological polar surface area (TPSA) is 40.5 Å². The predicted molar refractivity (Wildman–Crippen MR) is 102 cm³/mol. The highest BCUT2D eigenvalue weighted by Crippen LogP contribution is 2.53. The van der Waals surface area contributed by atoms with Crippen molar-refractivity contribution < 1.29 is 10.2 Å². The van der Waals surface area contributed by atoms with Gasteiger partial charge in [0, 0.05) is 11.5 Å². The lowest BCUT2D eigenvalue weighted by molar-refractivity contribution is 0.296. The lowest BCUT2D eigenvalue weighted by Gasteiger charge is -2.41. The summed E-state index contributed by atoms with van der Waals surface area (Å²) in [5, 5.41) is 21.3. The molecule has 1 unspecified atom stereocenters. The van der Waals surface area contributed by atoms with E-state index < -0.39 is 0 Å². The number of hydrogen-bond acceptors (Lipinski definition) is 2. The lowest BCUT2D eigenvalue weighted by Crippen LogP contribution is -2.29. The Morgan fingerprint density at radius 1 is 1.25 bits per heavy atom. The Balaban J connectivity index is 2.42. The van der Waals surface area contributed by atoms with Gasteiger partial charge in [-0.3, -0.25) is 0 Å². The number of phenolic OH excluding ortho intramolecular Hbond substituents is 2. The van der Waals surface area contributed by atoms with Gasteiger partial charge in [0.2, 0.25) is 0 Å². The first-order valence-electron chi connectivity index (χ1n) is 9.17. The fraction of sp³-hybridized carbons (Fsp3) is 0.545. The van der Waals surface area contributed by atoms with Crippen molar-refractivity contribution in [2.24, 2.45) is 5.41 Å². The van der Waals surface area contributed by atoms with E-state index in [0.717, 1.165) is 36.8 Å². The smallest absolute Gasteiger partial charge is 0.123 e. The maximum atomic E-state index is 10.7. The predicted octanol–water partition coefficient (Wildman–Crippen LogP) is 6.24. The summed E-state index contributed by atoms with van der Waals surface area (Å²) >= 11 is 0. The van der Waals surface area contributed by atoms with Crippen molar-refractivity contribution in [3.8, 4) is 11.5 Å². The van der Waals surface area contributed by atoms with Crippen LogP contribution in [-0.2, 0) is 6.42 Å². The molecule has 0 bridgehead atoms. The van der Waals surface area contributed by atoms with Gasteiger partial charge < -0.3 is 10.2 Å². The molecule has 1 aromatic carbocycles. The third-order valence-corrected chi connectivity index (χ3v) is 5.73. The highest BCUT2D eigenvalue weighted by atomic mass is 16.3. The van der Waals surface area contributed by atoms with Crippen molar-refractivity contribution in [3.63, 3.8) is 0 Å². The van der Waals surface area contributed by atoms with Crippen molar-refractivity contribution in [2.75, 3.05) is 0 Å². The molecule has 132 valence electrons. The first-order valence-corrected chi connectivity index (χ1v) is 9.17. The summed E-state index contributed by atoms with van der Waals surface area (Å²) in [6.07, 6.45) is 8.54. The van der Waals surface area contributed by atoms with Gasteiger partial charge in [-0.05, 0) is 62.6 Å². The van der Waals surface area contributed by atoms with Gasteiger partial charge in [-0.2, -0.15) is 0 Å². The number of hydrogen-bond donors (Lipinski definition) is 2. The van der Waals surface area contributed by atoms with Crippen LogP contribution in [0.2, 0.25) is 0 Å². The number of phenols is 2. The maximum Gasteiger partial charge on any atom is 0.123 e. The van der Waals surface area contributed by atoms with Gasteiger partial charge in [0.1, 0.15) is 11.5 Å². The fourth-order valence-electron chi connectivity index (χ4n) is 3.77. The summed E-state index contributed by atoms with van der Waals surface area (Å²) in [7, 11) is 0. The molecule has 0 heterocycles. The number of rotatable bonds is 6. The summed E-state index contributed by atoms with van der Waals surface area (Å²) in [5.41, 5.74) is 3.93. The van der Waals surface area contributed by atoms with Crippen LogP contribution >= 0.6 is 0 Å². The molecule has 2 nitrogen and oxygen atoms in total. The van der Waals surface area contributed by atoms with Gasteiger partial charge in [-0.25, -0.2) is 0 Å². The number of benzene rings is 1. The molecule has 1 aliphatic carbocycles. The van der Waals surface area contributed by atoms with E-state index in [-0.39, 0.29) is 22.8 Å². The minimum Gasteiger partial charge on any atom is -0.507 e. The Bertz CT molecular complexity index is 618. The second-order valence-corrected chi connectivity index (χ2v) is 7.69. The zero-order valence-electron chi connectivity index (χ0n) is 15.7. The fourth-order valence-corrected chi connectivity index (χ4v) is 3.77. The average Bonchev–Trinajstić information content (AvgIpc) is 2.50. The minimum absolute atomic E-state index is 0.0339. The Labute approximate surface area is 146 Å². The highest BCUT2D eigenvalue weighted by Gasteiger charge is 2.39. The second-order valence-electron chi connectivity index (χ2n) is 7.69. The monoisotopic (exact) mass is 328 g/mol. The van der Waals surface area contributed by atoms with Crippen LogP contribution in [0.15, 0.2) is 35.9 Å². The van der Waals surface area contributed by atoms with Crippen molar-refractivity contribution in [1.29, 1.82) is 0 Å². The van der Waals surface area contributed by atoms with Gasteiger partial charge in [0.05, 0.1) is 0 Å². The molecule has 0 saturated carbocycles. The largest absolute Gasteiger partial charge is 0.507 e. The zero-order valence-corrected chi connectivity index (χ0v) is 15.7. The summed E-state index contributed by atoms with van der Waals surface area (Å²) in [6, 6.07) is 3.67. The molecule has 1 aromatic rings. The van der Waals surface area contributed by atoms with E-state index in [1.807, 2.05) is 12.1 Å². The molecule has 2 atom stereocenters. The minimum atomic E-state index is -0.141. The van der Waals surface area contributed by atoms with Crippen LogP contribution in [0.25, 0.3) is 0 Å². The van der Waals surface area contributed by atoms with E-state index in [2.05, 4.69) is 40.3 Å². The first-order chi connectivity index (χ1) is 11.3. The molecular weight excluding hydrogens is 296 g/mol. The molecule has 0 aromatic heterocycles. The molecule has 2 heteroatoms. The van der Waals surface area contributed by atoms with Crippen LogP contribution in [0.3, 0.4) is 0 Å². The van der Waals surface area contributed by atoms with E-state index in [1.54, 1.807) is 0 Å². The van der Waals surface area contributed by atoms with Crippen molar-refractivity contribution in [3.05, 3.63) is 47.1 Å². The van der Waals surface area contributed by atoms with Gasteiger partial charge in [-0.1, -0.05) is 50.5 Å². The van der Waals surface area contributed by atoms with E-state index >= 15 is 0 Å². The maximum absolute atomic E-state index is 10.7. The molecule has 0 aliphatic heterocycles. The molecule has 0 radical (unpaired) electrons. The number of aryl methyl sites for hydroxylation is 1. The Morgan fingerprint density at radius 3 is 2.42 bits per heavy atom. The van der Waals surface area contributed by atoms with Gasteiger partial charge in [0.15, 0.2) is 0 Å². The lowest BCUT2D eigenvalue weighted by atomic mass is 9.63. The van der Waals surface area contributed by atoms with E-state index in [4.69, 9.17) is 0 Å². The summed E-state index contributed by atoms with van der Waals surface area (Å²) in [4.78, 5) is 0. The molecule has 24 heavy (non-hydrogen) atoms. The average molecular weight is 328 g/mol. The summed E-state index contributed by atoms with van der Waals surface area (Å²) in [5.74, 6) is 0.392. The van der Waals surface area contributed by atoms with Crippen LogP contribution in [-0.4, -0.2) is 10.2 Å². The second kappa shape index (κ2) is 7.46. The quantitative estimate of drug-likeness (QED) is 0.479. The molecule has 2 N–H and O–H groups in total. The van der Waals surface area contributed by atoms with E-state index in [0.29, 0.717) is 5.56 Å². The molecule has 1 aliphatic rings. The Hall–Kier alpha value is -1.70. The van der Waals surface area contributed by atoms with Crippen molar-refractivity contribution >= 4 is 0 Å². The van der Waals surface area contributed by atoms with Crippen molar-refractivity contribution in [2.45, 2.75) is 72.1 Å².